The summed E-state index contributed by atoms with van der Waals surface area (Å²) in [4.78, 5) is 0. The third kappa shape index (κ3) is 3.29. The summed E-state index contributed by atoms with van der Waals surface area (Å²) < 4.78 is 46.2. The highest BCUT2D eigenvalue weighted by atomic mass is 19.2. The highest BCUT2D eigenvalue weighted by Gasteiger charge is 2.20. The molecule has 112 valence electrons. The Hall–Kier alpha value is -2.17. The number of phenols is 1. The topological polar surface area (TPSA) is 29.5 Å². The second-order valence-corrected chi connectivity index (χ2v) is 4.61. The number of hydrogen-bond acceptors (Lipinski definition) is 2. The average Bonchev–Trinajstić information content (AvgIpc) is 2.47. The van der Waals surface area contributed by atoms with Crippen LogP contribution in [0.2, 0.25) is 0 Å². The van der Waals surface area contributed by atoms with Crippen molar-refractivity contribution in [2.45, 2.75) is 19.8 Å². The van der Waals surface area contributed by atoms with E-state index in [0.717, 1.165) is 12.5 Å². The Bertz CT molecular complexity index is 642. The summed E-state index contributed by atoms with van der Waals surface area (Å²) in [7, 11) is 0. The van der Waals surface area contributed by atoms with Gasteiger partial charge in [0.05, 0.1) is 6.61 Å². The lowest BCUT2D eigenvalue weighted by molar-refractivity contribution is 0.284. The number of phenolic OH excluding ortho intramolecular Hbond substituents is 1. The smallest absolute Gasteiger partial charge is 0.204 e. The molecule has 0 radical (unpaired) electrons. The molecule has 1 N–H and O–H groups in total. The molecule has 0 saturated heterocycles. The molecule has 0 amide bonds. The summed E-state index contributed by atoms with van der Waals surface area (Å²) >= 11 is 0. The zero-order valence-corrected chi connectivity index (χ0v) is 11.5. The molecule has 0 aromatic heterocycles. The Morgan fingerprint density at radius 2 is 1.86 bits per heavy atom. The lowest BCUT2D eigenvalue weighted by atomic mass is 10.0. The van der Waals surface area contributed by atoms with Crippen LogP contribution in [-0.2, 0) is 0 Å². The van der Waals surface area contributed by atoms with Gasteiger partial charge in [0.15, 0.2) is 17.3 Å². The number of aromatic hydroxyl groups is 1. The summed E-state index contributed by atoms with van der Waals surface area (Å²) in [5.41, 5.74) is 0.0167. The van der Waals surface area contributed by atoms with Crippen LogP contribution in [0.3, 0.4) is 0 Å². The van der Waals surface area contributed by atoms with E-state index in [1.54, 1.807) is 0 Å². The van der Waals surface area contributed by atoms with Crippen LogP contribution in [0.25, 0.3) is 11.1 Å². The van der Waals surface area contributed by atoms with Crippen molar-refractivity contribution in [3.63, 3.8) is 0 Å². The van der Waals surface area contributed by atoms with E-state index in [-0.39, 0.29) is 23.5 Å². The lowest BCUT2D eigenvalue weighted by Crippen LogP contribution is -2.00. The third-order valence-electron chi connectivity index (χ3n) is 3.04. The molecule has 2 rings (SSSR count). The normalized spacial score (nSPS) is 10.7. The fourth-order valence-electron chi connectivity index (χ4n) is 1.90. The van der Waals surface area contributed by atoms with Gasteiger partial charge in [-0.2, -0.15) is 4.39 Å². The van der Waals surface area contributed by atoms with Crippen LogP contribution in [0, 0.1) is 17.5 Å². The number of halogens is 3. The zero-order valence-electron chi connectivity index (χ0n) is 11.5. The first-order valence-corrected chi connectivity index (χ1v) is 6.64. The molecular weight excluding hydrogens is 281 g/mol. The van der Waals surface area contributed by atoms with Crippen molar-refractivity contribution in [1.29, 1.82) is 0 Å². The van der Waals surface area contributed by atoms with Crippen molar-refractivity contribution in [2.24, 2.45) is 0 Å². The van der Waals surface area contributed by atoms with E-state index >= 15 is 0 Å². The van der Waals surface area contributed by atoms with Gasteiger partial charge < -0.3 is 9.84 Å². The fourth-order valence-corrected chi connectivity index (χ4v) is 1.90. The SMILES string of the molecule is CCCCOc1cc(-c2cccc(F)c2)c(F)c(F)c1O. The van der Waals surface area contributed by atoms with Crippen molar-refractivity contribution in [2.75, 3.05) is 6.61 Å². The first-order valence-electron chi connectivity index (χ1n) is 6.64. The molecular formula is C16H15F3O2. The maximum Gasteiger partial charge on any atom is 0.204 e. The first-order chi connectivity index (χ1) is 10.0. The Kier molecular flexibility index (Phi) is 4.73. The maximum absolute atomic E-state index is 13.9. The monoisotopic (exact) mass is 296 g/mol. The minimum atomic E-state index is -1.40. The molecule has 0 heterocycles. The number of hydrogen-bond donors (Lipinski definition) is 1. The van der Waals surface area contributed by atoms with Gasteiger partial charge in [0.1, 0.15) is 5.82 Å². The largest absolute Gasteiger partial charge is 0.502 e. The molecule has 0 fully saturated rings. The Morgan fingerprint density at radius 3 is 2.52 bits per heavy atom. The van der Waals surface area contributed by atoms with Crippen molar-refractivity contribution < 1.29 is 23.0 Å². The molecule has 0 saturated carbocycles. The minimum absolute atomic E-state index is 0.151. The molecule has 0 bridgehead atoms. The average molecular weight is 296 g/mol. The van der Waals surface area contributed by atoms with Crippen LogP contribution in [0.1, 0.15) is 19.8 Å². The van der Waals surface area contributed by atoms with Crippen LogP contribution in [0.15, 0.2) is 30.3 Å². The maximum atomic E-state index is 13.9. The zero-order chi connectivity index (χ0) is 15.4. The van der Waals surface area contributed by atoms with Gasteiger partial charge in [0, 0.05) is 5.56 Å². The second kappa shape index (κ2) is 6.52. The van der Waals surface area contributed by atoms with E-state index in [1.807, 2.05) is 6.92 Å². The highest BCUT2D eigenvalue weighted by molar-refractivity contribution is 5.68. The van der Waals surface area contributed by atoms with Gasteiger partial charge >= 0.3 is 0 Å². The van der Waals surface area contributed by atoms with Crippen molar-refractivity contribution in [3.05, 3.63) is 47.8 Å². The van der Waals surface area contributed by atoms with Gasteiger partial charge in [-0.1, -0.05) is 25.5 Å². The van der Waals surface area contributed by atoms with Gasteiger partial charge in [-0.25, -0.2) is 8.78 Å². The van der Waals surface area contributed by atoms with E-state index in [0.29, 0.717) is 6.42 Å². The van der Waals surface area contributed by atoms with Gasteiger partial charge in [0.25, 0.3) is 0 Å². The van der Waals surface area contributed by atoms with E-state index in [9.17, 15) is 18.3 Å². The van der Waals surface area contributed by atoms with Crippen LogP contribution >= 0.6 is 0 Å². The quantitative estimate of drug-likeness (QED) is 0.813. The summed E-state index contributed by atoms with van der Waals surface area (Å²) in [5.74, 6) is -4.22. The molecule has 2 aromatic rings. The Balaban J connectivity index is 2.46. The van der Waals surface area contributed by atoms with Gasteiger partial charge in [0.2, 0.25) is 5.82 Å². The third-order valence-corrected chi connectivity index (χ3v) is 3.04. The lowest BCUT2D eigenvalue weighted by Gasteiger charge is -2.12. The predicted molar refractivity (Wildman–Crippen MR) is 73.8 cm³/mol. The van der Waals surface area contributed by atoms with E-state index in [1.165, 1.54) is 24.3 Å². The standard InChI is InChI=1S/C16H15F3O2/c1-2-3-7-21-13-9-12(14(18)15(19)16(13)20)10-5-4-6-11(17)8-10/h4-6,8-9,20H,2-3,7H2,1H3. The molecule has 0 unspecified atom stereocenters. The molecule has 2 aromatic carbocycles. The van der Waals surface area contributed by atoms with Crippen molar-refractivity contribution in [1.82, 2.24) is 0 Å². The van der Waals surface area contributed by atoms with Gasteiger partial charge in [-0.05, 0) is 30.2 Å². The molecule has 0 aliphatic rings. The molecule has 0 spiro atoms. The first kappa shape index (κ1) is 15.2. The number of rotatable bonds is 5. The van der Waals surface area contributed by atoms with E-state index in [2.05, 4.69) is 0 Å². The van der Waals surface area contributed by atoms with Crippen LogP contribution < -0.4 is 4.74 Å². The van der Waals surface area contributed by atoms with Crippen molar-refractivity contribution in [3.8, 4) is 22.6 Å². The molecule has 0 aliphatic heterocycles. The number of unbranched alkanes of at least 4 members (excludes halogenated alkanes) is 1. The van der Waals surface area contributed by atoms with Crippen molar-refractivity contribution >= 4 is 0 Å². The predicted octanol–water partition coefficient (Wildman–Crippen LogP) is 4.66. The molecule has 21 heavy (non-hydrogen) atoms. The summed E-state index contributed by atoms with van der Waals surface area (Å²) in [5, 5.41) is 9.59. The van der Waals surface area contributed by atoms with Gasteiger partial charge in [-0.3, -0.25) is 0 Å². The summed E-state index contributed by atoms with van der Waals surface area (Å²) in [6.45, 7) is 2.23. The number of ether oxygens (including phenoxy) is 1. The minimum Gasteiger partial charge on any atom is -0.502 e. The molecule has 5 heteroatoms. The summed E-state index contributed by atoms with van der Waals surface area (Å²) in [6.07, 6.45) is 1.58. The van der Waals surface area contributed by atoms with Crippen LogP contribution in [0.5, 0.6) is 11.5 Å². The molecule has 0 aliphatic carbocycles. The van der Waals surface area contributed by atoms with Crippen LogP contribution in [0.4, 0.5) is 13.2 Å². The van der Waals surface area contributed by atoms with Crippen LogP contribution in [-0.4, -0.2) is 11.7 Å². The Labute approximate surface area is 120 Å². The van der Waals surface area contributed by atoms with Gasteiger partial charge in [-0.15, -0.1) is 0 Å². The highest BCUT2D eigenvalue weighted by Crippen LogP contribution is 2.37. The molecule has 2 nitrogen and oxygen atoms in total. The second-order valence-electron chi connectivity index (χ2n) is 4.61. The molecule has 0 atom stereocenters. The van der Waals surface area contributed by atoms with E-state index < -0.39 is 23.2 Å². The number of benzene rings is 2. The summed E-state index contributed by atoms with van der Waals surface area (Å²) in [6, 6.07) is 6.32. The van der Waals surface area contributed by atoms with E-state index in [4.69, 9.17) is 4.74 Å². The fraction of sp³-hybridized carbons (Fsp3) is 0.250. The Morgan fingerprint density at radius 1 is 1.10 bits per heavy atom.